The minimum atomic E-state index is -0.346. The third-order valence-electron chi connectivity index (χ3n) is 4.32. The van der Waals surface area contributed by atoms with Crippen molar-refractivity contribution >= 4 is 40.7 Å². The lowest BCUT2D eigenvalue weighted by atomic mass is 10.1. The van der Waals surface area contributed by atoms with E-state index in [-0.39, 0.29) is 37.0 Å². The van der Waals surface area contributed by atoms with Gasteiger partial charge in [0.05, 0.1) is 41.7 Å². The summed E-state index contributed by atoms with van der Waals surface area (Å²) < 4.78 is 10.9. The molecule has 0 atom stereocenters. The Bertz CT molecular complexity index is 948. The van der Waals surface area contributed by atoms with Crippen molar-refractivity contribution in [3.63, 3.8) is 0 Å². The van der Waals surface area contributed by atoms with E-state index >= 15 is 0 Å². The second-order valence-corrected chi connectivity index (χ2v) is 8.00. The van der Waals surface area contributed by atoms with E-state index in [4.69, 9.17) is 9.15 Å². The molecule has 0 spiro atoms. The van der Waals surface area contributed by atoms with Crippen LogP contribution in [0.3, 0.4) is 0 Å². The maximum atomic E-state index is 13.1. The number of thioether (sulfide) groups is 1. The molecule has 0 fully saturated rings. The first-order valence-electron chi connectivity index (χ1n) is 9.62. The van der Waals surface area contributed by atoms with Crippen LogP contribution in [0.2, 0.25) is 0 Å². The number of carbonyl (C=O) groups excluding carboxylic acids is 3. The molecule has 0 aliphatic carbocycles. The van der Waals surface area contributed by atoms with E-state index in [0.717, 1.165) is 5.76 Å². The van der Waals surface area contributed by atoms with Crippen molar-refractivity contribution in [2.45, 2.75) is 32.6 Å². The van der Waals surface area contributed by atoms with Gasteiger partial charge in [0, 0.05) is 12.6 Å². The number of imide groups is 1. The number of hydrogen-bond donors (Lipinski definition) is 1. The van der Waals surface area contributed by atoms with Gasteiger partial charge >= 0.3 is 0 Å². The molecular formula is C22H24N2O5S. The summed E-state index contributed by atoms with van der Waals surface area (Å²) in [4.78, 5) is 39.0. The second kappa shape index (κ2) is 9.77. The van der Waals surface area contributed by atoms with Crippen molar-refractivity contribution in [2.75, 3.05) is 18.5 Å². The summed E-state index contributed by atoms with van der Waals surface area (Å²) in [7, 11) is 0. The first-order valence-corrected chi connectivity index (χ1v) is 10.6. The molecule has 0 saturated carbocycles. The quantitative estimate of drug-likeness (QED) is 0.613. The van der Waals surface area contributed by atoms with Crippen molar-refractivity contribution in [2.24, 2.45) is 0 Å². The number of nitrogens with one attached hydrogen (secondary N) is 1. The smallest absolute Gasteiger partial charge is 0.268 e. The fraction of sp³-hybridized carbons (Fsp3) is 0.318. The van der Waals surface area contributed by atoms with E-state index in [1.165, 1.54) is 23.6 Å². The first-order chi connectivity index (χ1) is 14.4. The molecule has 7 nitrogen and oxygen atoms in total. The number of hydrogen-bond acceptors (Lipinski definition) is 6. The third-order valence-corrected chi connectivity index (χ3v) is 5.42. The summed E-state index contributed by atoms with van der Waals surface area (Å²) in [5.41, 5.74) is 1.60. The SMILES string of the molecule is CC(=O)Nc1ccc(C2=C(SCc3ccco3)C(=O)N(CCOC(C)C)C2=O)cc1. The molecule has 1 aromatic carbocycles. The van der Waals surface area contributed by atoms with Crippen LogP contribution in [-0.4, -0.2) is 41.9 Å². The Morgan fingerprint density at radius 3 is 2.50 bits per heavy atom. The third kappa shape index (κ3) is 5.20. The summed E-state index contributed by atoms with van der Waals surface area (Å²) in [5.74, 6) is 0.298. The molecule has 158 valence electrons. The highest BCUT2D eigenvalue weighted by molar-refractivity contribution is 8.03. The number of furan rings is 1. The molecule has 2 heterocycles. The molecule has 3 amide bonds. The Morgan fingerprint density at radius 2 is 1.90 bits per heavy atom. The second-order valence-electron chi connectivity index (χ2n) is 7.01. The Kier molecular flexibility index (Phi) is 7.12. The number of ether oxygens (including phenoxy) is 1. The van der Waals surface area contributed by atoms with Crippen LogP contribution in [0.15, 0.2) is 52.0 Å². The van der Waals surface area contributed by atoms with Crippen LogP contribution in [0, 0.1) is 0 Å². The molecule has 1 N–H and O–H groups in total. The average molecular weight is 429 g/mol. The van der Waals surface area contributed by atoms with Gasteiger partial charge < -0.3 is 14.5 Å². The molecule has 0 radical (unpaired) electrons. The Balaban J connectivity index is 1.86. The number of benzene rings is 1. The van der Waals surface area contributed by atoms with Crippen LogP contribution >= 0.6 is 11.8 Å². The summed E-state index contributed by atoms with van der Waals surface area (Å²) >= 11 is 1.28. The maximum absolute atomic E-state index is 13.1. The van der Waals surface area contributed by atoms with Gasteiger partial charge in [-0.05, 0) is 43.7 Å². The van der Waals surface area contributed by atoms with E-state index in [1.54, 1.807) is 36.6 Å². The van der Waals surface area contributed by atoms with Gasteiger partial charge in [-0.1, -0.05) is 12.1 Å². The molecule has 0 saturated heterocycles. The minimum Gasteiger partial charge on any atom is -0.468 e. The zero-order valence-corrected chi connectivity index (χ0v) is 18.0. The summed E-state index contributed by atoms with van der Waals surface area (Å²) in [5, 5.41) is 2.69. The van der Waals surface area contributed by atoms with Gasteiger partial charge in [-0.25, -0.2) is 0 Å². The molecule has 8 heteroatoms. The summed E-state index contributed by atoms with van der Waals surface area (Å²) in [6, 6.07) is 10.5. The van der Waals surface area contributed by atoms with Gasteiger partial charge in [-0.3, -0.25) is 19.3 Å². The van der Waals surface area contributed by atoms with Crippen molar-refractivity contribution in [1.82, 2.24) is 4.90 Å². The summed E-state index contributed by atoms with van der Waals surface area (Å²) in [6.45, 7) is 5.70. The Hall–Kier alpha value is -2.84. The highest BCUT2D eigenvalue weighted by atomic mass is 32.2. The molecule has 0 bridgehead atoms. The van der Waals surface area contributed by atoms with Crippen LogP contribution in [0.5, 0.6) is 0 Å². The van der Waals surface area contributed by atoms with Gasteiger partial charge in [-0.15, -0.1) is 11.8 Å². The molecule has 30 heavy (non-hydrogen) atoms. The Morgan fingerprint density at radius 1 is 1.17 bits per heavy atom. The first kappa shape index (κ1) is 21.9. The monoisotopic (exact) mass is 428 g/mol. The molecular weight excluding hydrogens is 404 g/mol. The highest BCUT2D eigenvalue weighted by Gasteiger charge is 2.39. The number of rotatable bonds is 9. The van der Waals surface area contributed by atoms with E-state index in [9.17, 15) is 14.4 Å². The van der Waals surface area contributed by atoms with Crippen molar-refractivity contribution in [3.05, 3.63) is 58.9 Å². The number of anilines is 1. The van der Waals surface area contributed by atoms with E-state index < -0.39 is 0 Å². The predicted octanol–water partition coefficient (Wildman–Crippen LogP) is 3.68. The van der Waals surface area contributed by atoms with Gasteiger partial charge in [-0.2, -0.15) is 0 Å². The van der Waals surface area contributed by atoms with Gasteiger partial charge in [0.1, 0.15) is 5.76 Å². The number of nitrogens with zero attached hydrogens (tertiary/aromatic N) is 1. The number of amides is 3. The molecule has 3 rings (SSSR count). The van der Waals surface area contributed by atoms with E-state index in [1.807, 2.05) is 19.9 Å². The fourth-order valence-corrected chi connectivity index (χ4v) is 4.02. The zero-order valence-electron chi connectivity index (χ0n) is 17.1. The standard InChI is InChI=1S/C22H24N2O5S/c1-14(2)28-12-10-24-21(26)19(16-6-8-17(9-7-16)23-15(3)25)20(22(24)27)30-13-18-5-4-11-29-18/h4-9,11,14H,10,12-13H2,1-3H3,(H,23,25). The van der Waals surface area contributed by atoms with Gasteiger partial charge in [0.25, 0.3) is 11.8 Å². The normalized spacial score (nSPS) is 14.2. The zero-order chi connectivity index (χ0) is 21.7. The van der Waals surface area contributed by atoms with Crippen LogP contribution in [0.1, 0.15) is 32.1 Å². The minimum absolute atomic E-state index is 0.0133. The molecule has 1 aliphatic heterocycles. The van der Waals surface area contributed by atoms with Crippen LogP contribution in [0.4, 0.5) is 5.69 Å². The predicted molar refractivity (Wildman–Crippen MR) is 115 cm³/mol. The molecule has 0 unspecified atom stereocenters. The lowest BCUT2D eigenvalue weighted by Gasteiger charge is -2.16. The van der Waals surface area contributed by atoms with Crippen molar-refractivity contribution in [1.29, 1.82) is 0 Å². The Labute approximate surface area is 179 Å². The van der Waals surface area contributed by atoms with E-state index in [2.05, 4.69) is 5.32 Å². The average Bonchev–Trinajstić information content (AvgIpc) is 3.28. The molecule has 2 aromatic rings. The lowest BCUT2D eigenvalue weighted by molar-refractivity contribution is -0.137. The van der Waals surface area contributed by atoms with Crippen molar-refractivity contribution in [3.8, 4) is 0 Å². The molecule has 1 aromatic heterocycles. The van der Waals surface area contributed by atoms with Crippen LogP contribution < -0.4 is 5.32 Å². The maximum Gasteiger partial charge on any atom is 0.268 e. The highest BCUT2D eigenvalue weighted by Crippen LogP contribution is 2.37. The van der Waals surface area contributed by atoms with Gasteiger partial charge in [0.2, 0.25) is 5.91 Å². The topological polar surface area (TPSA) is 88.8 Å². The lowest BCUT2D eigenvalue weighted by Crippen LogP contribution is -2.35. The fourth-order valence-electron chi connectivity index (χ4n) is 2.99. The summed E-state index contributed by atoms with van der Waals surface area (Å²) in [6.07, 6.45) is 1.59. The molecule has 1 aliphatic rings. The van der Waals surface area contributed by atoms with Crippen LogP contribution in [-0.2, 0) is 24.9 Å². The largest absolute Gasteiger partial charge is 0.468 e. The number of carbonyl (C=O) groups is 3. The van der Waals surface area contributed by atoms with E-state index in [0.29, 0.717) is 27.5 Å². The van der Waals surface area contributed by atoms with Crippen molar-refractivity contribution < 1.29 is 23.5 Å². The van der Waals surface area contributed by atoms with Gasteiger partial charge in [0.15, 0.2) is 0 Å². The van der Waals surface area contributed by atoms with Crippen LogP contribution in [0.25, 0.3) is 5.57 Å².